The van der Waals surface area contributed by atoms with Crippen LogP contribution in [0.1, 0.15) is 45.4 Å². The van der Waals surface area contributed by atoms with E-state index in [1.54, 1.807) is 0 Å². The lowest BCUT2D eigenvalue weighted by Gasteiger charge is -2.13. The molecule has 0 radical (unpaired) electrons. The molecule has 1 amide bonds. The van der Waals surface area contributed by atoms with Gasteiger partial charge in [-0.05, 0) is 31.3 Å². The first-order valence-electron chi connectivity index (χ1n) is 5.42. The minimum Gasteiger partial charge on any atom is -0.309 e. The average molecular weight is 192 g/mol. The van der Waals surface area contributed by atoms with Gasteiger partial charge in [-0.2, -0.15) is 0 Å². The number of nitrogens with zero attached hydrogens (tertiary/aromatic N) is 1. The fourth-order valence-corrected chi connectivity index (χ4v) is 2.03. The highest BCUT2D eigenvalue weighted by Gasteiger charge is 2.23. The maximum absolute atomic E-state index is 11.6. The Labute approximate surface area is 84.3 Å². The second-order valence-corrected chi connectivity index (χ2v) is 3.88. The van der Waals surface area contributed by atoms with Gasteiger partial charge in [0.05, 0.1) is 0 Å². The zero-order chi connectivity index (χ0) is 9.97. The number of aliphatic imine (C=N–C) groups is 1. The summed E-state index contributed by atoms with van der Waals surface area (Å²) in [6, 6.07) is 0. The van der Waals surface area contributed by atoms with Gasteiger partial charge in [0, 0.05) is 6.42 Å². The Morgan fingerprint density at radius 1 is 1.29 bits per heavy atom. The zero-order valence-corrected chi connectivity index (χ0v) is 8.60. The summed E-state index contributed by atoms with van der Waals surface area (Å²) in [7, 11) is 0. The van der Waals surface area contributed by atoms with Crippen molar-refractivity contribution in [3.8, 4) is 0 Å². The van der Waals surface area contributed by atoms with Crippen molar-refractivity contribution < 1.29 is 4.79 Å². The molecule has 1 heterocycles. The second kappa shape index (κ2) is 3.95. The smallest absolute Gasteiger partial charge is 0.275 e. The van der Waals surface area contributed by atoms with E-state index in [-0.39, 0.29) is 5.91 Å². The molecule has 14 heavy (non-hydrogen) atoms. The minimum absolute atomic E-state index is 0.0127. The van der Waals surface area contributed by atoms with Crippen LogP contribution in [0, 0.1) is 0 Å². The molecule has 0 atom stereocenters. The van der Waals surface area contributed by atoms with Crippen LogP contribution in [0.5, 0.6) is 0 Å². The van der Waals surface area contributed by atoms with Crippen LogP contribution in [-0.2, 0) is 4.79 Å². The summed E-state index contributed by atoms with van der Waals surface area (Å²) < 4.78 is 0. The molecule has 0 spiro atoms. The van der Waals surface area contributed by atoms with E-state index in [2.05, 4.69) is 10.3 Å². The number of amides is 1. The second-order valence-electron chi connectivity index (χ2n) is 3.88. The van der Waals surface area contributed by atoms with Crippen LogP contribution >= 0.6 is 0 Å². The third kappa shape index (κ3) is 1.72. The van der Waals surface area contributed by atoms with Crippen LogP contribution in [-0.4, -0.2) is 11.7 Å². The van der Waals surface area contributed by atoms with Gasteiger partial charge in [0.1, 0.15) is 11.5 Å². The molecule has 0 saturated heterocycles. The van der Waals surface area contributed by atoms with Crippen molar-refractivity contribution in [2.24, 2.45) is 4.99 Å². The lowest BCUT2D eigenvalue weighted by atomic mass is 9.93. The fourth-order valence-electron chi connectivity index (χ4n) is 2.03. The lowest BCUT2D eigenvalue weighted by Crippen LogP contribution is -2.23. The van der Waals surface area contributed by atoms with Gasteiger partial charge in [-0.1, -0.05) is 13.3 Å². The molecule has 1 aliphatic carbocycles. The number of hydrogen-bond acceptors (Lipinski definition) is 2. The summed E-state index contributed by atoms with van der Waals surface area (Å²) in [5.41, 5.74) is 1.97. The molecule has 3 nitrogen and oxygen atoms in total. The predicted octanol–water partition coefficient (Wildman–Crippen LogP) is 2.14. The summed E-state index contributed by atoms with van der Waals surface area (Å²) in [6.07, 6.45) is 6.64. The number of allylic oxidation sites excluding steroid dienone is 1. The molecule has 0 bridgehead atoms. The molecule has 3 heteroatoms. The molecule has 0 aromatic rings. The van der Waals surface area contributed by atoms with Gasteiger partial charge in [0.25, 0.3) is 5.91 Å². The Kier molecular flexibility index (Phi) is 2.66. The first kappa shape index (κ1) is 9.44. The number of carbonyl (C=O) groups is 1. The molecule has 1 saturated carbocycles. The highest BCUT2D eigenvalue weighted by atomic mass is 16.2. The van der Waals surface area contributed by atoms with Crippen LogP contribution in [0.25, 0.3) is 0 Å². The molecule has 1 aliphatic heterocycles. The van der Waals surface area contributed by atoms with E-state index in [1.165, 1.54) is 24.8 Å². The van der Waals surface area contributed by atoms with Crippen molar-refractivity contribution in [1.82, 2.24) is 5.32 Å². The predicted molar refractivity (Wildman–Crippen MR) is 56.0 cm³/mol. The number of carbonyl (C=O) groups excluding carboxylic acids is 1. The van der Waals surface area contributed by atoms with Crippen LogP contribution in [0.2, 0.25) is 0 Å². The van der Waals surface area contributed by atoms with Crippen molar-refractivity contribution in [3.63, 3.8) is 0 Å². The third-order valence-electron chi connectivity index (χ3n) is 2.85. The molecule has 0 unspecified atom stereocenters. The quantitative estimate of drug-likeness (QED) is 0.635. The van der Waals surface area contributed by atoms with Gasteiger partial charge in [0.2, 0.25) is 0 Å². The van der Waals surface area contributed by atoms with E-state index in [1.807, 2.05) is 6.92 Å². The summed E-state index contributed by atoms with van der Waals surface area (Å²) in [5, 5.41) is 2.80. The molecule has 1 N–H and O–H groups in total. The number of nitrogens with one attached hydrogen (secondary N) is 1. The summed E-state index contributed by atoms with van der Waals surface area (Å²) in [4.78, 5) is 15.9. The number of amidine groups is 1. The molecular formula is C11H16N2O. The molecule has 0 aromatic heterocycles. The van der Waals surface area contributed by atoms with Crippen LogP contribution < -0.4 is 5.32 Å². The maximum atomic E-state index is 11.6. The Balaban J connectivity index is 2.23. The Morgan fingerprint density at radius 3 is 2.57 bits per heavy atom. The molecule has 1 fully saturated rings. The van der Waals surface area contributed by atoms with Crippen molar-refractivity contribution in [1.29, 1.82) is 0 Å². The average Bonchev–Trinajstić information content (AvgIpc) is 2.61. The first-order chi connectivity index (χ1) is 6.81. The van der Waals surface area contributed by atoms with E-state index in [4.69, 9.17) is 0 Å². The van der Waals surface area contributed by atoms with E-state index in [9.17, 15) is 4.79 Å². The largest absolute Gasteiger partial charge is 0.309 e. The highest BCUT2D eigenvalue weighted by molar-refractivity contribution is 6.12. The Morgan fingerprint density at radius 2 is 2.00 bits per heavy atom. The SMILES string of the molecule is CCC1=NC(=C2CCCCC2)C(=O)N1. The zero-order valence-electron chi connectivity index (χ0n) is 8.60. The molecule has 2 aliphatic rings. The van der Waals surface area contributed by atoms with Gasteiger partial charge >= 0.3 is 0 Å². The monoisotopic (exact) mass is 192 g/mol. The van der Waals surface area contributed by atoms with E-state index >= 15 is 0 Å². The topological polar surface area (TPSA) is 41.5 Å². The Hall–Kier alpha value is -1.12. The van der Waals surface area contributed by atoms with Crippen molar-refractivity contribution >= 4 is 11.7 Å². The molecule has 0 aromatic carbocycles. The van der Waals surface area contributed by atoms with Gasteiger partial charge in [0.15, 0.2) is 0 Å². The normalized spacial score (nSPS) is 22.4. The van der Waals surface area contributed by atoms with Crippen molar-refractivity contribution in [2.75, 3.05) is 0 Å². The highest BCUT2D eigenvalue weighted by Crippen LogP contribution is 2.27. The van der Waals surface area contributed by atoms with Crippen LogP contribution in [0.3, 0.4) is 0 Å². The van der Waals surface area contributed by atoms with Crippen molar-refractivity contribution in [2.45, 2.75) is 45.4 Å². The van der Waals surface area contributed by atoms with Gasteiger partial charge in [-0.3, -0.25) is 4.79 Å². The van der Waals surface area contributed by atoms with Gasteiger partial charge in [-0.15, -0.1) is 0 Å². The van der Waals surface area contributed by atoms with Gasteiger partial charge < -0.3 is 5.32 Å². The summed E-state index contributed by atoms with van der Waals surface area (Å²) in [5.74, 6) is 0.835. The fraction of sp³-hybridized carbons (Fsp3) is 0.636. The maximum Gasteiger partial charge on any atom is 0.275 e. The number of hydrogen-bond donors (Lipinski definition) is 1. The van der Waals surface area contributed by atoms with E-state index in [0.717, 1.165) is 25.1 Å². The summed E-state index contributed by atoms with van der Waals surface area (Å²) >= 11 is 0. The van der Waals surface area contributed by atoms with Crippen LogP contribution in [0.15, 0.2) is 16.3 Å². The van der Waals surface area contributed by atoms with Gasteiger partial charge in [-0.25, -0.2) is 4.99 Å². The lowest BCUT2D eigenvalue weighted by molar-refractivity contribution is -0.115. The van der Waals surface area contributed by atoms with E-state index in [0.29, 0.717) is 5.70 Å². The standard InChI is InChI=1S/C11H16N2O/c1-2-9-12-10(11(14)13-9)8-6-4-3-5-7-8/h2-7H2,1H3,(H,12,13,14). The molecular weight excluding hydrogens is 176 g/mol. The van der Waals surface area contributed by atoms with Crippen LogP contribution in [0.4, 0.5) is 0 Å². The first-order valence-corrected chi connectivity index (χ1v) is 5.42. The number of rotatable bonds is 1. The minimum atomic E-state index is 0.0127. The Bertz CT molecular complexity index is 307. The molecule has 76 valence electrons. The molecule has 2 rings (SSSR count). The third-order valence-corrected chi connectivity index (χ3v) is 2.85. The summed E-state index contributed by atoms with van der Waals surface area (Å²) in [6.45, 7) is 2.01. The van der Waals surface area contributed by atoms with E-state index < -0.39 is 0 Å². The van der Waals surface area contributed by atoms with Crippen molar-refractivity contribution in [3.05, 3.63) is 11.3 Å².